The van der Waals surface area contributed by atoms with Gasteiger partial charge in [-0.05, 0) is 12.5 Å². The van der Waals surface area contributed by atoms with Crippen molar-refractivity contribution >= 4 is 44.8 Å². The molecule has 1 saturated carbocycles. The first-order valence-electron chi connectivity index (χ1n) is 5.63. The number of ketones is 1. The summed E-state index contributed by atoms with van der Waals surface area (Å²) < 4.78 is 28.8. The van der Waals surface area contributed by atoms with Crippen LogP contribution in [0.2, 0.25) is 0 Å². The van der Waals surface area contributed by atoms with E-state index in [0.29, 0.717) is 5.57 Å². The van der Waals surface area contributed by atoms with E-state index >= 15 is 0 Å². The van der Waals surface area contributed by atoms with Gasteiger partial charge in [0.15, 0.2) is 15.6 Å². The molecule has 1 heterocycles. The van der Waals surface area contributed by atoms with Crippen LogP contribution >= 0.6 is 23.2 Å². The molecule has 8 heteroatoms. The fraction of sp³-hybridized carbons (Fsp3) is 0.636. The Labute approximate surface area is 120 Å². The molecule has 0 saturated heterocycles. The van der Waals surface area contributed by atoms with Gasteiger partial charge in [-0.2, -0.15) is 0 Å². The summed E-state index contributed by atoms with van der Waals surface area (Å²) in [5, 5.41) is -2.08. The number of alkyl halides is 2. The minimum absolute atomic E-state index is 0.0137. The number of fused-ring (bicyclic) bond motifs is 1. The summed E-state index contributed by atoms with van der Waals surface area (Å²) in [5.74, 6) is -2.23. The standard InChI is InChI=1S/C11H12Cl2O5S/c1-5-4-19(16,17)10-7(9(14)8(10)13)6(5)11(15)18-3-2-12/h7-8,10H,2-4H2,1H3/t7?,8-,10-/m0/s1. The number of Topliss-reactive ketones (excluding diaryl/α,β-unsaturated/α-hetero) is 1. The normalized spacial score (nSPS) is 32.6. The molecule has 1 aliphatic carbocycles. The summed E-state index contributed by atoms with van der Waals surface area (Å²) in [7, 11) is -3.49. The number of carbonyl (C=O) groups is 2. The quantitative estimate of drug-likeness (QED) is 0.563. The number of hydrogen-bond donors (Lipinski definition) is 0. The van der Waals surface area contributed by atoms with E-state index in [-0.39, 0.29) is 23.8 Å². The molecule has 1 unspecified atom stereocenters. The van der Waals surface area contributed by atoms with Crippen LogP contribution < -0.4 is 0 Å². The molecule has 3 atom stereocenters. The highest BCUT2D eigenvalue weighted by atomic mass is 35.5. The molecule has 5 nitrogen and oxygen atoms in total. The van der Waals surface area contributed by atoms with Crippen molar-refractivity contribution in [2.75, 3.05) is 18.2 Å². The zero-order chi connectivity index (χ0) is 14.4. The SMILES string of the molecule is CC1=C(C(=O)OCCCl)C2C(=O)[C@H](Cl)[C@H]2S(=O)(=O)C1. The number of hydrogen-bond acceptors (Lipinski definition) is 5. The second-order valence-electron chi connectivity index (χ2n) is 4.57. The van der Waals surface area contributed by atoms with Crippen molar-refractivity contribution in [1.82, 2.24) is 0 Å². The summed E-state index contributed by atoms with van der Waals surface area (Å²) in [6, 6.07) is 0. The number of halogens is 2. The maximum atomic E-state index is 11.9. The summed E-state index contributed by atoms with van der Waals surface area (Å²) in [6.45, 7) is 1.53. The zero-order valence-corrected chi connectivity index (χ0v) is 12.4. The molecule has 1 aliphatic heterocycles. The van der Waals surface area contributed by atoms with Gasteiger partial charge < -0.3 is 4.74 Å². The molecule has 0 aromatic rings. The van der Waals surface area contributed by atoms with Gasteiger partial charge in [0.1, 0.15) is 12.0 Å². The van der Waals surface area contributed by atoms with Crippen LogP contribution in [0.25, 0.3) is 0 Å². The first-order chi connectivity index (χ1) is 8.81. The lowest BCUT2D eigenvalue weighted by molar-refractivity contribution is -0.141. The minimum atomic E-state index is -3.49. The highest BCUT2D eigenvalue weighted by molar-refractivity contribution is 7.92. The Morgan fingerprint density at radius 3 is 2.68 bits per heavy atom. The molecule has 0 amide bonds. The lowest BCUT2D eigenvalue weighted by Crippen LogP contribution is -2.61. The predicted octanol–water partition coefficient (Wildman–Crippen LogP) is 0.688. The Morgan fingerprint density at radius 2 is 2.11 bits per heavy atom. The van der Waals surface area contributed by atoms with Gasteiger partial charge >= 0.3 is 5.97 Å². The third-order valence-electron chi connectivity index (χ3n) is 3.33. The monoisotopic (exact) mass is 326 g/mol. The van der Waals surface area contributed by atoms with Crippen molar-refractivity contribution in [3.05, 3.63) is 11.1 Å². The Bertz CT molecular complexity index is 566. The van der Waals surface area contributed by atoms with Crippen molar-refractivity contribution in [2.45, 2.75) is 17.6 Å². The highest BCUT2D eigenvalue weighted by Crippen LogP contribution is 2.44. The summed E-state index contributed by atoms with van der Waals surface area (Å²) in [5.41, 5.74) is 0.476. The molecule has 2 aliphatic rings. The molecule has 0 aromatic heterocycles. The van der Waals surface area contributed by atoms with Crippen molar-refractivity contribution < 1.29 is 22.7 Å². The van der Waals surface area contributed by atoms with Gasteiger partial charge in [0.05, 0.1) is 22.8 Å². The third kappa shape index (κ3) is 2.30. The van der Waals surface area contributed by atoms with E-state index in [1.165, 1.54) is 6.92 Å². The van der Waals surface area contributed by atoms with Crippen molar-refractivity contribution in [2.24, 2.45) is 5.92 Å². The van der Waals surface area contributed by atoms with Crippen LogP contribution in [-0.4, -0.2) is 49.0 Å². The summed E-state index contributed by atoms with van der Waals surface area (Å²) >= 11 is 11.2. The fourth-order valence-electron chi connectivity index (χ4n) is 2.49. The molecule has 0 radical (unpaired) electrons. The van der Waals surface area contributed by atoms with E-state index in [0.717, 1.165) is 0 Å². The molecule has 0 N–H and O–H groups in total. The Hall–Kier alpha value is -0.590. The van der Waals surface area contributed by atoms with Crippen molar-refractivity contribution in [3.63, 3.8) is 0 Å². The molecule has 0 spiro atoms. The number of esters is 1. The van der Waals surface area contributed by atoms with E-state index in [1.54, 1.807) is 0 Å². The van der Waals surface area contributed by atoms with E-state index in [4.69, 9.17) is 27.9 Å². The molecule has 19 heavy (non-hydrogen) atoms. The number of carbonyl (C=O) groups excluding carboxylic acids is 2. The molecular weight excluding hydrogens is 315 g/mol. The van der Waals surface area contributed by atoms with E-state index < -0.39 is 38.1 Å². The maximum Gasteiger partial charge on any atom is 0.334 e. The highest BCUT2D eigenvalue weighted by Gasteiger charge is 2.60. The average Bonchev–Trinajstić information content (AvgIpc) is 2.33. The summed E-state index contributed by atoms with van der Waals surface area (Å²) in [4.78, 5) is 23.6. The molecule has 1 fully saturated rings. The van der Waals surface area contributed by atoms with Gasteiger partial charge in [0, 0.05) is 5.57 Å². The Balaban J connectivity index is 2.37. The van der Waals surface area contributed by atoms with Gasteiger partial charge in [0.25, 0.3) is 0 Å². The van der Waals surface area contributed by atoms with Crippen LogP contribution in [0.4, 0.5) is 0 Å². The molecular formula is C11H12Cl2O5S. The number of sulfone groups is 1. The first-order valence-corrected chi connectivity index (χ1v) is 8.32. The van der Waals surface area contributed by atoms with Crippen LogP contribution in [0, 0.1) is 5.92 Å². The molecule has 0 aromatic carbocycles. The molecule has 106 valence electrons. The van der Waals surface area contributed by atoms with Crippen LogP contribution in [0.15, 0.2) is 11.1 Å². The van der Waals surface area contributed by atoms with E-state index in [1.807, 2.05) is 0 Å². The van der Waals surface area contributed by atoms with Gasteiger partial charge in [-0.15, -0.1) is 23.2 Å². The zero-order valence-electron chi connectivity index (χ0n) is 10.1. The predicted molar refractivity (Wildman–Crippen MR) is 70.1 cm³/mol. The van der Waals surface area contributed by atoms with Gasteiger partial charge in [-0.1, -0.05) is 0 Å². The second kappa shape index (κ2) is 5.07. The number of ether oxygens (including phenoxy) is 1. The minimum Gasteiger partial charge on any atom is -0.461 e. The average molecular weight is 327 g/mol. The lowest BCUT2D eigenvalue weighted by Gasteiger charge is -2.42. The van der Waals surface area contributed by atoms with Gasteiger partial charge in [-0.25, -0.2) is 13.2 Å². The van der Waals surface area contributed by atoms with Gasteiger partial charge in [-0.3, -0.25) is 4.79 Å². The number of rotatable bonds is 3. The lowest BCUT2D eigenvalue weighted by atomic mass is 9.75. The van der Waals surface area contributed by atoms with Crippen LogP contribution in [-0.2, 0) is 24.2 Å². The van der Waals surface area contributed by atoms with Crippen molar-refractivity contribution in [3.8, 4) is 0 Å². The van der Waals surface area contributed by atoms with Crippen LogP contribution in [0.5, 0.6) is 0 Å². The van der Waals surface area contributed by atoms with E-state index in [2.05, 4.69) is 0 Å². The van der Waals surface area contributed by atoms with Crippen LogP contribution in [0.3, 0.4) is 0 Å². The van der Waals surface area contributed by atoms with Crippen molar-refractivity contribution in [1.29, 1.82) is 0 Å². The fourth-order valence-corrected chi connectivity index (χ4v) is 5.46. The van der Waals surface area contributed by atoms with Gasteiger partial charge in [0.2, 0.25) is 0 Å². The third-order valence-corrected chi connectivity index (χ3v) is 6.33. The Morgan fingerprint density at radius 1 is 1.47 bits per heavy atom. The summed E-state index contributed by atoms with van der Waals surface area (Å²) in [6.07, 6.45) is 0. The maximum absolute atomic E-state index is 11.9. The Kier molecular flexibility index (Phi) is 3.95. The van der Waals surface area contributed by atoms with Crippen LogP contribution in [0.1, 0.15) is 6.92 Å². The topological polar surface area (TPSA) is 77.5 Å². The largest absolute Gasteiger partial charge is 0.461 e. The molecule has 0 bridgehead atoms. The van der Waals surface area contributed by atoms with E-state index in [9.17, 15) is 18.0 Å². The first kappa shape index (κ1) is 14.8. The molecule has 2 rings (SSSR count). The second-order valence-corrected chi connectivity index (χ2v) is 7.58. The smallest absolute Gasteiger partial charge is 0.334 e.